The lowest BCUT2D eigenvalue weighted by Crippen LogP contribution is -2.43. The maximum atomic E-state index is 10.3. The number of likely N-dealkylation sites (tertiary alicyclic amines) is 1. The molecule has 0 saturated carbocycles. The number of nitrogens with zero attached hydrogens (tertiary/aromatic N) is 2. The number of rotatable bonds is 8. The lowest BCUT2D eigenvalue weighted by Gasteiger charge is -2.34. The number of benzene rings is 1. The third-order valence-corrected chi connectivity index (χ3v) is 5.19. The van der Waals surface area contributed by atoms with Crippen LogP contribution < -0.4 is 10.6 Å². The van der Waals surface area contributed by atoms with Crippen LogP contribution in [-0.2, 0) is 0 Å². The molecule has 0 radical (unpaired) electrons. The lowest BCUT2D eigenvalue weighted by atomic mass is 9.98. The minimum absolute atomic E-state index is 0.444. The molecule has 1 aromatic carbocycles. The first-order valence-corrected chi connectivity index (χ1v) is 10.1. The zero-order valence-corrected chi connectivity index (χ0v) is 16.6. The van der Waals surface area contributed by atoms with Crippen molar-refractivity contribution in [3.63, 3.8) is 0 Å². The average molecular weight is 361 g/mol. The molecule has 146 valence electrons. The molecule has 0 spiro atoms. The molecule has 1 aliphatic rings. The highest BCUT2D eigenvalue weighted by Gasteiger charge is 2.20. The molecular weight excluding hydrogens is 324 g/mol. The van der Waals surface area contributed by atoms with E-state index in [0.29, 0.717) is 19.0 Å². The highest BCUT2D eigenvalue weighted by Crippen LogP contribution is 2.18. The van der Waals surface area contributed by atoms with Crippen molar-refractivity contribution in [2.75, 3.05) is 32.7 Å². The molecule has 2 unspecified atom stereocenters. The zero-order valence-electron chi connectivity index (χ0n) is 16.6. The van der Waals surface area contributed by atoms with Crippen LogP contribution in [0.2, 0.25) is 0 Å². The Morgan fingerprint density at radius 1 is 1.23 bits per heavy atom. The van der Waals surface area contributed by atoms with Crippen LogP contribution in [0.25, 0.3) is 0 Å². The normalized spacial score (nSPS) is 19.2. The predicted molar refractivity (Wildman–Crippen MR) is 109 cm³/mol. The van der Waals surface area contributed by atoms with Gasteiger partial charge in [-0.25, -0.2) is 0 Å². The number of aliphatic hydroxyl groups is 1. The van der Waals surface area contributed by atoms with E-state index in [9.17, 15) is 5.11 Å². The molecule has 3 N–H and O–H groups in total. The van der Waals surface area contributed by atoms with Gasteiger partial charge in [-0.05, 0) is 57.7 Å². The molecule has 0 aromatic heterocycles. The molecule has 1 heterocycles. The summed E-state index contributed by atoms with van der Waals surface area (Å²) in [7, 11) is 0. The van der Waals surface area contributed by atoms with Gasteiger partial charge in [0.1, 0.15) is 0 Å². The predicted octanol–water partition coefficient (Wildman–Crippen LogP) is 2.79. The number of guanidine groups is 1. The Hall–Kier alpha value is -1.59. The SMILES string of the molecule is CCNC(=NCC(C)N1CCC(C)CC1)NCCC(O)c1ccccc1. The minimum Gasteiger partial charge on any atom is -0.388 e. The fraction of sp³-hybridized carbons (Fsp3) is 0.667. The Bertz CT molecular complexity index is 526. The summed E-state index contributed by atoms with van der Waals surface area (Å²) in [5.74, 6) is 1.70. The van der Waals surface area contributed by atoms with Crippen molar-refractivity contribution in [2.24, 2.45) is 10.9 Å². The van der Waals surface area contributed by atoms with E-state index in [1.54, 1.807) is 0 Å². The number of aliphatic hydroxyl groups excluding tert-OH is 1. The van der Waals surface area contributed by atoms with Gasteiger partial charge in [-0.2, -0.15) is 0 Å². The van der Waals surface area contributed by atoms with E-state index in [2.05, 4.69) is 36.3 Å². The van der Waals surface area contributed by atoms with Gasteiger partial charge in [0, 0.05) is 19.1 Å². The quantitative estimate of drug-likeness (QED) is 0.493. The molecule has 1 aromatic rings. The second-order valence-electron chi connectivity index (χ2n) is 7.43. The molecule has 1 aliphatic heterocycles. The summed E-state index contributed by atoms with van der Waals surface area (Å²) in [5, 5.41) is 16.9. The van der Waals surface area contributed by atoms with Gasteiger partial charge in [-0.3, -0.25) is 9.89 Å². The largest absolute Gasteiger partial charge is 0.388 e. The maximum Gasteiger partial charge on any atom is 0.191 e. The van der Waals surface area contributed by atoms with Gasteiger partial charge in [-0.15, -0.1) is 0 Å². The number of hydrogen-bond acceptors (Lipinski definition) is 3. The Labute approximate surface area is 158 Å². The van der Waals surface area contributed by atoms with E-state index in [-0.39, 0.29) is 0 Å². The molecule has 0 amide bonds. The summed E-state index contributed by atoms with van der Waals surface area (Å²) in [5.41, 5.74) is 0.962. The zero-order chi connectivity index (χ0) is 18.8. The number of piperidine rings is 1. The molecule has 26 heavy (non-hydrogen) atoms. The summed E-state index contributed by atoms with van der Waals surface area (Å²) in [6.45, 7) is 11.4. The van der Waals surface area contributed by atoms with Crippen molar-refractivity contribution in [2.45, 2.75) is 52.2 Å². The molecule has 0 bridgehead atoms. The molecule has 2 atom stereocenters. The smallest absolute Gasteiger partial charge is 0.191 e. The second-order valence-corrected chi connectivity index (χ2v) is 7.43. The van der Waals surface area contributed by atoms with Crippen LogP contribution in [0.15, 0.2) is 35.3 Å². The highest BCUT2D eigenvalue weighted by atomic mass is 16.3. The maximum absolute atomic E-state index is 10.3. The average Bonchev–Trinajstić information content (AvgIpc) is 2.67. The van der Waals surface area contributed by atoms with Crippen LogP contribution in [0.3, 0.4) is 0 Å². The molecule has 5 nitrogen and oxygen atoms in total. The molecule has 5 heteroatoms. The van der Waals surface area contributed by atoms with Gasteiger partial charge in [0.15, 0.2) is 5.96 Å². The lowest BCUT2D eigenvalue weighted by molar-refractivity contribution is 0.150. The van der Waals surface area contributed by atoms with E-state index in [1.807, 2.05) is 30.3 Å². The van der Waals surface area contributed by atoms with E-state index < -0.39 is 6.10 Å². The number of nitrogens with one attached hydrogen (secondary N) is 2. The number of hydrogen-bond donors (Lipinski definition) is 3. The van der Waals surface area contributed by atoms with Gasteiger partial charge >= 0.3 is 0 Å². The van der Waals surface area contributed by atoms with Crippen LogP contribution in [0, 0.1) is 5.92 Å². The Morgan fingerprint density at radius 2 is 1.92 bits per heavy atom. The van der Waals surface area contributed by atoms with Gasteiger partial charge in [0.25, 0.3) is 0 Å². The summed E-state index contributed by atoms with van der Waals surface area (Å²) >= 11 is 0. The molecule has 1 fully saturated rings. The Balaban J connectivity index is 1.77. The van der Waals surface area contributed by atoms with Crippen molar-refractivity contribution < 1.29 is 5.11 Å². The van der Waals surface area contributed by atoms with Gasteiger partial charge in [0.05, 0.1) is 12.6 Å². The topological polar surface area (TPSA) is 59.9 Å². The summed E-state index contributed by atoms with van der Waals surface area (Å²) < 4.78 is 0. The van der Waals surface area contributed by atoms with Crippen molar-refractivity contribution in [1.29, 1.82) is 0 Å². The van der Waals surface area contributed by atoms with Crippen LogP contribution in [0.1, 0.15) is 51.7 Å². The molecular formula is C21H36N4O. The van der Waals surface area contributed by atoms with Crippen molar-refractivity contribution >= 4 is 5.96 Å². The van der Waals surface area contributed by atoms with Crippen LogP contribution >= 0.6 is 0 Å². The van der Waals surface area contributed by atoms with Crippen molar-refractivity contribution in [1.82, 2.24) is 15.5 Å². The summed E-state index contributed by atoms with van der Waals surface area (Å²) in [4.78, 5) is 7.30. The van der Waals surface area contributed by atoms with Crippen LogP contribution in [-0.4, -0.2) is 54.7 Å². The standard InChI is InChI=1S/C21H36N4O/c1-4-22-21(23-13-10-20(26)19-8-6-5-7-9-19)24-16-18(3)25-14-11-17(2)12-15-25/h5-9,17-18,20,26H,4,10-16H2,1-3H3,(H2,22,23,24). The van der Waals surface area contributed by atoms with Gasteiger partial charge < -0.3 is 15.7 Å². The third kappa shape index (κ3) is 6.96. The molecule has 1 saturated heterocycles. The first-order chi connectivity index (χ1) is 12.6. The first-order valence-electron chi connectivity index (χ1n) is 10.1. The fourth-order valence-corrected chi connectivity index (χ4v) is 3.32. The van der Waals surface area contributed by atoms with Crippen molar-refractivity contribution in [3.8, 4) is 0 Å². The van der Waals surface area contributed by atoms with Crippen LogP contribution in [0.5, 0.6) is 0 Å². The van der Waals surface area contributed by atoms with Gasteiger partial charge in [0.2, 0.25) is 0 Å². The monoisotopic (exact) mass is 360 g/mol. The van der Waals surface area contributed by atoms with E-state index in [4.69, 9.17) is 4.99 Å². The third-order valence-electron chi connectivity index (χ3n) is 5.19. The Morgan fingerprint density at radius 3 is 2.58 bits per heavy atom. The van der Waals surface area contributed by atoms with Crippen molar-refractivity contribution in [3.05, 3.63) is 35.9 Å². The minimum atomic E-state index is -0.444. The van der Waals surface area contributed by atoms with E-state index >= 15 is 0 Å². The van der Waals surface area contributed by atoms with E-state index in [0.717, 1.165) is 30.5 Å². The summed E-state index contributed by atoms with van der Waals surface area (Å²) in [6, 6.07) is 10.3. The Kier molecular flexibility index (Phi) is 8.92. The summed E-state index contributed by atoms with van der Waals surface area (Å²) in [6.07, 6.45) is 2.81. The van der Waals surface area contributed by atoms with Crippen LogP contribution in [0.4, 0.5) is 0 Å². The fourth-order valence-electron chi connectivity index (χ4n) is 3.32. The van der Waals surface area contributed by atoms with E-state index in [1.165, 1.54) is 25.9 Å². The molecule has 2 rings (SSSR count). The number of aliphatic imine (C=N–C) groups is 1. The van der Waals surface area contributed by atoms with Gasteiger partial charge in [-0.1, -0.05) is 37.3 Å². The highest BCUT2D eigenvalue weighted by molar-refractivity contribution is 5.79. The second kappa shape index (κ2) is 11.2. The molecule has 0 aliphatic carbocycles. The first kappa shape index (κ1) is 20.7.